The van der Waals surface area contributed by atoms with Gasteiger partial charge in [0.25, 0.3) is 0 Å². The molecule has 0 radical (unpaired) electrons. The fourth-order valence-electron chi connectivity index (χ4n) is 8.78. The number of carbonyl (C=O) groups excluding carboxylic acids is 2. The lowest BCUT2D eigenvalue weighted by Gasteiger charge is -2.28. The van der Waals surface area contributed by atoms with E-state index in [4.69, 9.17) is 37.8 Å². The minimum atomic E-state index is -0.0836. The van der Waals surface area contributed by atoms with Gasteiger partial charge in [0.15, 0.2) is 6.29 Å². The molecule has 58 heavy (non-hydrogen) atoms. The van der Waals surface area contributed by atoms with Crippen LogP contribution >= 0.6 is 23.2 Å². The van der Waals surface area contributed by atoms with E-state index in [0.717, 1.165) is 99.3 Å². The average molecular weight is 825 g/mol. The molecule has 4 heterocycles. The van der Waals surface area contributed by atoms with Gasteiger partial charge in [-0.2, -0.15) is 5.10 Å². The second-order valence-corrected chi connectivity index (χ2v) is 16.4. The highest BCUT2D eigenvalue weighted by Crippen LogP contribution is 2.43. The number of aliphatic imine (C=N–C) groups is 1. The third-order valence-electron chi connectivity index (χ3n) is 11.5. The van der Waals surface area contributed by atoms with Crippen LogP contribution in [0.5, 0.6) is 5.75 Å². The maximum atomic E-state index is 13.4. The van der Waals surface area contributed by atoms with Crippen molar-refractivity contribution in [1.29, 1.82) is 0 Å². The van der Waals surface area contributed by atoms with Crippen LogP contribution in [-0.2, 0) is 31.7 Å². The number of halogens is 2. The monoisotopic (exact) mass is 823 g/mol. The molecule has 3 aromatic heterocycles. The number of likely N-dealkylation sites (N-methyl/N-ethyl adjacent to an activating group) is 1. The predicted octanol–water partition coefficient (Wildman–Crippen LogP) is 9.87. The van der Waals surface area contributed by atoms with Gasteiger partial charge in [0, 0.05) is 90.3 Å². The molecule has 306 valence electrons. The molecule has 2 N–H and O–H groups in total. The Labute approximate surface area is 352 Å². The van der Waals surface area contributed by atoms with Gasteiger partial charge in [0.1, 0.15) is 5.75 Å². The van der Waals surface area contributed by atoms with Crippen molar-refractivity contribution in [3.8, 4) is 16.9 Å². The topological polar surface area (TPSA) is 113 Å². The first-order valence-corrected chi connectivity index (χ1v) is 20.7. The molecule has 2 atom stereocenters. The summed E-state index contributed by atoms with van der Waals surface area (Å²) in [6.45, 7) is 11.5. The Kier molecular flexibility index (Phi) is 13.4. The van der Waals surface area contributed by atoms with E-state index in [9.17, 15) is 4.79 Å². The first-order chi connectivity index (χ1) is 27.8. The fourth-order valence-corrected chi connectivity index (χ4v) is 9.14. The van der Waals surface area contributed by atoms with Gasteiger partial charge in [-0.3, -0.25) is 19.3 Å². The van der Waals surface area contributed by atoms with Crippen molar-refractivity contribution in [2.75, 3.05) is 25.1 Å². The van der Waals surface area contributed by atoms with Gasteiger partial charge in [-0.05, 0) is 120 Å². The summed E-state index contributed by atoms with van der Waals surface area (Å²) in [5, 5.41) is 7.20. The normalized spacial score (nSPS) is 15.1. The number of aldehydes is 1. The number of nitrogens with two attached hydrogens (primary N) is 1. The molecule has 0 saturated heterocycles. The predicted molar refractivity (Wildman–Crippen MR) is 239 cm³/mol. The lowest BCUT2D eigenvalue weighted by molar-refractivity contribution is -0.106. The molecule has 1 aliphatic carbocycles. The molecule has 0 saturated carbocycles. The maximum Gasteiger partial charge on any atom is 0.204 e. The molecule has 2 aliphatic rings. The maximum absolute atomic E-state index is 13.4. The Hall–Kier alpha value is -5.06. The quantitative estimate of drug-likeness (QED) is 0.0939. The molecular weight excluding hydrogens is 769 g/mol. The van der Waals surface area contributed by atoms with Crippen LogP contribution in [-0.4, -0.2) is 58.0 Å². The summed E-state index contributed by atoms with van der Waals surface area (Å²) < 4.78 is 12.6. The van der Waals surface area contributed by atoms with E-state index in [2.05, 4.69) is 83.2 Å². The van der Waals surface area contributed by atoms with Gasteiger partial charge in [-0.15, -0.1) is 0 Å². The summed E-state index contributed by atoms with van der Waals surface area (Å²) >= 11 is 13.6. The van der Waals surface area contributed by atoms with Crippen molar-refractivity contribution in [2.45, 2.75) is 79.2 Å². The number of hydrogen-bond donors (Lipinski definition) is 1. The van der Waals surface area contributed by atoms with Gasteiger partial charge >= 0.3 is 0 Å². The zero-order valence-electron chi connectivity index (χ0n) is 34.9. The first-order valence-electron chi connectivity index (χ1n) is 19.9. The number of aryl methyl sites for hydroxylation is 6. The molecule has 0 bridgehead atoms. The zero-order valence-corrected chi connectivity index (χ0v) is 36.4. The lowest BCUT2D eigenvalue weighted by atomic mass is 9.88. The zero-order chi connectivity index (χ0) is 41.8. The van der Waals surface area contributed by atoms with Gasteiger partial charge < -0.3 is 24.5 Å². The number of hydrogen-bond acceptors (Lipinski definition) is 6. The summed E-state index contributed by atoms with van der Waals surface area (Å²) in [5.41, 5.74) is 17.7. The summed E-state index contributed by atoms with van der Waals surface area (Å²) in [6.07, 6.45) is 17.9. The molecule has 1 amide bonds. The Morgan fingerprint density at radius 1 is 1.07 bits per heavy atom. The number of primary amides is 1. The van der Waals surface area contributed by atoms with Crippen molar-refractivity contribution >= 4 is 64.8 Å². The van der Waals surface area contributed by atoms with E-state index in [1.165, 1.54) is 22.6 Å². The third-order valence-corrected chi connectivity index (χ3v) is 12.4. The van der Waals surface area contributed by atoms with Crippen LogP contribution < -0.4 is 15.4 Å². The molecule has 12 heteroatoms. The molecule has 1 aliphatic heterocycles. The van der Waals surface area contributed by atoms with Crippen LogP contribution in [0.4, 0.5) is 5.69 Å². The number of anilines is 1. The second kappa shape index (κ2) is 18.2. The molecule has 2 aromatic carbocycles. The smallest absolute Gasteiger partial charge is 0.204 e. The number of nitrogens with zero attached hydrogens (tertiary/aromatic N) is 6. The highest BCUT2D eigenvalue weighted by atomic mass is 35.5. The summed E-state index contributed by atoms with van der Waals surface area (Å²) in [6, 6.07) is 7.92. The number of allylic oxidation sites excluding steroid dienone is 3. The summed E-state index contributed by atoms with van der Waals surface area (Å²) in [7, 11) is 6.25. The first kappa shape index (κ1) is 42.5. The van der Waals surface area contributed by atoms with E-state index in [1.54, 1.807) is 0 Å². The van der Waals surface area contributed by atoms with E-state index in [1.807, 2.05) is 56.9 Å². The fraction of sp³-hybridized carbons (Fsp3) is 0.391. The average Bonchev–Trinajstić information content (AvgIpc) is 3.79. The number of aromatic nitrogens is 4. The van der Waals surface area contributed by atoms with Crippen molar-refractivity contribution in [3.63, 3.8) is 0 Å². The number of benzene rings is 2. The molecule has 7 rings (SSSR count). The number of fused-ring (bicyclic) bond motifs is 2. The van der Waals surface area contributed by atoms with Gasteiger partial charge in [-0.25, -0.2) is 0 Å². The number of amides is 1. The molecule has 1 unspecified atom stereocenters. The summed E-state index contributed by atoms with van der Waals surface area (Å²) in [5.74, 6) is 1.20. The Morgan fingerprint density at radius 3 is 2.43 bits per heavy atom. The van der Waals surface area contributed by atoms with Crippen molar-refractivity contribution in [1.82, 2.24) is 18.9 Å². The Bertz CT molecular complexity index is 2410. The van der Waals surface area contributed by atoms with E-state index >= 15 is 0 Å². The largest absolute Gasteiger partial charge is 0.494 e. The van der Waals surface area contributed by atoms with Gasteiger partial charge in [0.05, 0.1) is 34.2 Å². The highest BCUT2D eigenvalue weighted by Gasteiger charge is 2.29. The summed E-state index contributed by atoms with van der Waals surface area (Å²) in [4.78, 5) is 29.0. The minimum absolute atomic E-state index is 0.0836. The van der Waals surface area contributed by atoms with Crippen LogP contribution in [0, 0.1) is 33.6 Å². The van der Waals surface area contributed by atoms with Crippen LogP contribution in [0.25, 0.3) is 28.1 Å². The van der Waals surface area contributed by atoms with Crippen LogP contribution in [0.3, 0.4) is 0 Å². The van der Waals surface area contributed by atoms with Crippen molar-refractivity contribution in [2.24, 2.45) is 30.7 Å². The standard InChI is InChI=1S/C45H52Cl2N6O2.CH3NO/c1-27-20-34(21-28(2)44(27)47)55-19-11-13-35-36-15-16-38(46)43(42-30(4)49-52(8)31(42)5)45(36)53(41(35)26-54)29(3)24-50(6)40-25-51(7)39-17-14-32(23-37(39)40)22-33-12-9-10-18-48-33;2-1-3/h12,14-18,20-21,25-26,29,32H,9-11,13,19,22-24H2,1-8H3;1H,(H2,2,3)/t29-,32?;/m1./s1. The highest BCUT2D eigenvalue weighted by molar-refractivity contribution is 6.35. The third kappa shape index (κ3) is 8.54. The minimum Gasteiger partial charge on any atom is -0.494 e. The Balaban J connectivity index is 0.00000183. The van der Waals surface area contributed by atoms with Crippen molar-refractivity contribution in [3.05, 3.63) is 103 Å². The second-order valence-electron chi connectivity index (χ2n) is 15.6. The SMILES string of the molecule is Cc1cc(OCCCc2c(C=O)n([C@H](C)CN(C)c3cn(C)c4c3CC(CC3=CCCC=N3)C=C4)c3c(-c4c(C)nn(C)c4C)c(Cl)ccc23)cc(C)c1Cl.NC=O. The van der Waals surface area contributed by atoms with Crippen LogP contribution in [0.15, 0.2) is 53.3 Å². The number of carbonyl (C=O) groups is 2. The molecule has 0 spiro atoms. The molecule has 5 aromatic rings. The van der Waals surface area contributed by atoms with Crippen LogP contribution in [0.1, 0.15) is 88.5 Å². The molecule has 0 fully saturated rings. The number of rotatable bonds is 13. The van der Waals surface area contributed by atoms with Crippen molar-refractivity contribution < 1.29 is 14.3 Å². The Morgan fingerprint density at radius 2 is 1.79 bits per heavy atom. The van der Waals surface area contributed by atoms with Crippen LogP contribution in [0.2, 0.25) is 10.0 Å². The molecular formula is C46H55Cl2N7O3. The number of ether oxygens (including phenoxy) is 1. The van der Waals surface area contributed by atoms with E-state index < -0.39 is 0 Å². The lowest BCUT2D eigenvalue weighted by Crippen LogP contribution is -2.27. The van der Waals surface area contributed by atoms with E-state index in [0.29, 0.717) is 36.2 Å². The van der Waals surface area contributed by atoms with Gasteiger partial charge in [-0.1, -0.05) is 41.4 Å². The van der Waals surface area contributed by atoms with Gasteiger partial charge in [0.2, 0.25) is 6.41 Å². The van der Waals surface area contributed by atoms with E-state index in [-0.39, 0.29) is 12.5 Å². The molecule has 10 nitrogen and oxygen atoms in total.